The molecule has 2 rings (SSSR count). The van der Waals surface area contributed by atoms with Crippen LogP contribution in [0.4, 0.5) is 0 Å². The Labute approximate surface area is 113 Å². The molecule has 0 N–H and O–H groups in total. The minimum Gasteiger partial charge on any atom is -0.293 e. The van der Waals surface area contributed by atoms with Crippen molar-refractivity contribution < 1.29 is 4.79 Å². The molecule has 2 aromatic rings. The molecule has 0 bridgehead atoms. The third-order valence-electron chi connectivity index (χ3n) is 2.38. The molecule has 0 aliphatic heterocycles. The lowest BCUT2D eigenvalue weighted by atomic mass is 10.2. The van der Waals surface area contributed by atoms with Crippen LogP contribution in [0, 0.1) is 0 Å². The number of Topliss-reactive ketones (excluding diaryl/α,β-unsaturated/α-hetero) is 1. The summed E-state index contributed by atoms with van der Waals surface area (Å²) in [5, 5.41) is 4.37. The standard InChI is InChI=1S/C12H13BrN2OS/c1-8(2)15-6-5-9(14-15)7-10(16)11-3-4-12(13)17-11/h3-6,8H,7H2,1-2H3. The molecule has 0 aliphatic carbocycles. The Balaban J connectivity index is 2.07. The van der Waals surface area contributed by atoms with Gasteiger partial charge in [-0.25, -0.2) is 0 Å². The van der Waals surface area contributed by atoms with Crippen LogP contribution in [-0.2, 0) is 6.42 Å². The molecule has 0 aliphatic rings. The molecule has 90 valence electrons. The lowest BCUT2D eigenvalue weighted by molar-refractivity contribution is 0.0995. The van der Waals surface area contributed by atoms with E-state index in [2.05, 4.69) is 34.9 Å². The van der Waals surface area contributed by atoms with Crippen LogP contribution in [0.3, 0.4) is 0 Å². The maximum atomic E-state index is 11.9. The van der Waals surface area contributed by atoms with Crippen LogP contribution >= 0.6 is 27.3 Å². The third kappa shape index (κ3) is 3.04. The Morgan fingerprint density at radius 3 is 2.76 bits per heavy atom. The van der Waals surface area contributed by atoms with Gasteiger partial charge in [-0.1, -0.05) is 0 Å². The van der Waals surface area contributed by atoms with Crippen LogP contribution in [0.5, 0.6) is 0 Å². The average Bonchev–Trinajstić information content (AvgIpc) is 2.86. The fraction of sp³-hybridized carbons (Fsp3) is 0.333. The molecule has 0 saturated carbocycles. The summed E-state index contributed by atoms with van der Waals surface area (Å²) in [6.07, 6.45) is 2.28. The van der Waals surface area contributed by atoms with Crippen molar-refractivity contribution in [1.29, 1.82) is 0 Å². The maximum absolute atomic E-state index is 11.9. The predicted molar refractivity (Wildman–Crippen MR) is 72.7 cm³/mol. The van der Waals surface area contributed by atoms with Crippen molar-refractivity contribution in [2.45, 2.75) is 26.3 Å². The van der Waals surface area contributed by atoms with E-state index >= 15 is 0 Å². The number of aromatic nitrogens is 2. The van der Waals surface area contributed by atoms with Gasteiger partial charge in [0.05, 0.1) is 20.8 Å². The summed E-state index contributed by atoms with van der Waals surface area (Å²) in [7, 11) is 0. The zero-order valence-electron chi connectivity index (χ0n) is 9.68. The summed E-state index contributed by atoms with van der Waals surface area (Å²) >= 11 is 4.82. The number of carbonyl (C=O) groups excluding carboxylic acids is 1. The second kappa shape index (κ2) is 5.14. The molecular formula is C12H13BrN2OS. The van der Waals surface area contributed by atoms with E-state index in [0.717, 1.165) is 14.4 Å². The summed E-state index contributed by atoms with van der Waals surface area (Å²) in [4.78, 5) is 12.7. The molecule has 0 unspecified atom stereocenters. The molecule has 0 atom stereocenters. The molecule has 0 spiro atoms. The summed E-state index contributed by atoms with van der Waals surface area (Å²) in [6.45, 7) is 4.13. The monoisotopic (exact) mass is 312 g/mol. The predicted octanol–water partition coefficient (Wildman–Crippen LogP) is 3.71. The van der Waals surface area contributed by atoms with Crippen molar-refractivity contribution in [2.75, 3.05) is 0 Å². The van der Waals surface area contributed by atoms with Crippen LogP contribution in [0.2, 0.25) is 0 Å². The molecular weight excluding hydrogens is 300 g/mol. The number of hydrogen-bond donors (Lipinski definition) is 0. The first-order valence-electron chi connectivity index (χ1n) is 5.39. The highest BCUT2D eigenvalue weighted by molar-refractivity contribution is 9.11. The highest BCUT2D eigenvalue weighted by Crippen LogP contribution is 2.23. The Kier molecular flexibility index (Phi) is 3.79. The van der Waals surface area contributed by atoms with Crippen LogP contribution in [0.15, 0.2) is 28.2 Å². The zero-order valence-corrected chi connectivity index (χ0v) is 12.1. The van der Waals surface area contributed by atoms with Crippen molar-refractivity contribution in [3.05, 3.63) is 38.8 Å². The summed E-state index contributed by atoms with van der Waals surface area (Å²) < 4.78 is 2.85. The number of thiophene rings is 1. The maximum Gasteiger partial charge on any atom is 0.178 e. The first-order chi connectivity index (χ1) is 8.06. The Morgan fingerprint density at radius 1 is 1.47 bits per heavy atom. The zero-order chi connectivity index (χ0) is 12.4. The summed E-state index contributed by atoms with van der Waals surface area (Å²) in [5.41, 5.74) is 0.827. The lowest BCUT2D eigenvalue weighted by Crippen LogP contribution is -2.05. The summed E-state index contributed by atoms with van der Waals surface area (Å²) in [6, 6.07) is 5.97. The minimum atomic E-state index is 0.120. The van der Waals surface area contributed by atoms with E-state index in [-0.39, 0.29) is 5.78 Å². The van der Waals surface area contributed by atoms with Crippen molar-refractivity contribution in [3.8, 4) is 0 Å². The molecule has 2 heterocycles. The summed E-state index contributed by atoms with van der Waals surface area (Å²) in [5.74, 6) is 0.120. The van der Waals surface area contributed by atoms with Gasteiger partial charge in [-0.15, -0.1) is 11.3 Å². The number of hydrogen-bond acceptors (Lipinski definition) is 3. The van der Waals surface area contributed by atoms with E-state index in [4.69, 9.17) is 0 Å². The second-order valence-corrected chi connectivity index (χ2v) is 6.55. The average molecular weight is 313 g/mol. The van der Waals surface area contributed by atoms with Gasteiger partial charge in [-0.05, 0) is 48.0 Å². The molecule has 0 aromatic carbocycles. The smallest absolute Gasteiger partial charge is 0.178 e. The number of ketones is 1. The topological polar surface area (TPSA) is 34.9 Å². The van der Waals surface area contributed by atoms with E-state index in [1.165, 1.54) is 11.3 Å². The first kappa shape index (κ1) is 12.5. The lowest BCUT2D eigenvalue weighted by Gasteiger charge is -2.03. The van der Waals surface area contributed by atoms with E-state index < -0.39 is 0 Å². The second-order valence-electron chi connectivity index (χ2n) is 4.08. The number of halogens is 1. The van der Waals surface area contributed by atoms with E-state index in [1.54, 1.807) is 0 Å². The highest BCUT2D eigenvalue weighted by Gasteiger charge is 2.11. The molecule has 0 saturated heterocycles. The Bertz CT molecular complexity index is 530. The van der Waals surface area contributed by atoms with Gasteiger partial charge in [0.1, 0.15) is 0 Å². The Morgan fingerprint density at radius 2 is 2.24 bits per heavy atom. The fourth-order valence-electron chi connectivity index (χ4n) is 1.48. The highest BCUT2D eigenvalue weighted by atomic mass is 79.9. The van der Waals surface area contributed by atoms with E-state index in [1.807, 2.05) is 29.1 Å². The van der Waals surface area contributed by atoms with E-state index in [0.29, 0.717) is 12.5 Å². The van der Waals surface area contributed by atoms with Gasteiger partial charge in [-0.2, -0.15) is 5.10 Å². The van der Waals surface area contributed by atoms with Crippen LogP contribution < -0.4 is 0 Å². The Hall–Kier alpha value is -0.940. The van der Waals surface area contributed by atoms with Gasteiger partial charge in [0.2, 0.25) is 0 Å². The van der Waals surface area contributed by atoms with Gasteiger partial charge in [0.15, 0.2) is 5.78 Å². The molecule has 3 nitrogen and oxygen atoms in total. The SMILES string of the molecule is CC(C)n1ccc(CC(=O)c2ccc(Br)s2)n1. The van der Waals surface area contributed by atoms with Crippen molar-refractivity contribution in [1.82, 2.24) is 9.78 Å². The van der Waals surface area contributed by atoms with Crippen molar-refractivity contribution in [2.24, 2.45) is 0 Å². The molecule has 5 heteroatoms. The van der Waals surface area contributed by atoms with Gasteiger partial charge in [0.25, 0.3) is 0 Å². The molecule has 17 heavy (non-hydrogen) atoms. The normalized spacial score (nSPS) is 11.1. The number of carbonyl (C=O) groups is 1. The van der Waals surface area contributed by atoms with Crippen molar-refractivity contribution in [3.63, 3.8) is 0 Å². The quantitative estimate of drug-likeness (QED) is 0.807. The van der Waals surface area contributed by atoms with Crippen LogP contribution in [0.1, 0.15) is 35.3 Å². The third-order valence-corrected chi connectivity index (χ3v) is 4.05. The van der Waals surface area contributed by atoms with Gasteiger partial charge >= 0.3 is 0 Å². The van der Waals surface area contributed by atoms with E-state index in [9.17, 15) is 4.79 Å². The largest absolute Gasteiger partial charge is 0.293 e. The van der Waals surface area contributed by atoms with Gasteiger partial charge in [0, 0.05) is 12.2 Å². The van der Waals surface area contributed by atoms with Gasteiger partial charge in [-0.3, -0.25) is 9.48 Å². The molecule has 0 fully saturated rings. The first-order valence-corrected chi connectivity index (χ1v) is 7.00. The van der Waals surface area contributed by atoms with Crippen molar-refractivity contribution >= 4 is 33.0 Å². The van der Waals surface area contributed by atoms with Gasteiger partial charge < -0.3 is 0 Å². The minimum absolute atomic E-state index is 0.120. The number of rotatable bonds is 4. The molecule has 0 radical (unpaired) electrons. The molecule has 2 aromatic heterocycles. The molecule has 0 amide bonds. The van der Waals surface area contributed by atoms with Crippen LogP contribution in [-0.4, -0.2) is 15.6 Å². The van der Waals surface area contributed by atoms with Crippen LogP contribution in [0.25, 0.3) is 0 Å². The number of nitrogens with zero attached hydrogens (tertiary/aromatic N) is 2. The fourth-order valence-corrected chi connectivity index (χ4v) is 2.80.